The van der Waals surface area contributed by atoms with Crippen molar-refractivity contribution in [3.05, 3.63) is 105 Å². The summed E-state index contributed by atoms with van der Waals surface area (Å²) < 4.78 is 31.0. The van der Waals surface area contributed by atoms with Gasteiger partial charge in [-0.1, -0.05) is 30.9 Å². The van der Waals surface area contributed by atoms with Gasteiger partial charge in [-0.2, -0.15) is 4.98 Å². The Bertz CT molecular complexity index is 1640. The summed E-state index contributed by atoms with van der Waals surface area (Å²) in [6.07, 6.45) is 18.2. The number of hydrogen-bond acceptors (Lipinski definition) is 8. The van der Waals surface area contributed by atoms with Gasteiger partial charge in [-0.05, 0) is 73.6 Å². The maximum atomic E-state index is 14.5. The third-order valence-corrected chi connectivity index (χ3v) is 8.85. The van der Waals surface area contributed by atoms with Crippen molar-refractivity contribution < 1.29 is 13.9 Å². The van der Waals surface area contributed by atoms with Crippen LogP contribution in [-0.4, -0.2) is 42.9 Å². The van der Waals surface area contributed by atoms with Crippen LogP contribution in [0.5, 0.6) is 0 Å². The van der Waals surface area contributed by atoms with Gasteiger partial charge in [0.2, 0.25) is 5.95 Å². The van der Waals surface area contributed by atoms with E-state index < -0.39 is 35.2 Å². The lowest BCUT2D eigenvalue weighted by atomic mass is 9.77. The van der Waals surface area contributed by atoms with E-state index in [2.05, 4.69) is 38.6 Å². The van der Waals surface area contributed by atoms with Crippen LogP contribution in [-0.2, 0) is 13.1 Å². The van der Waals surface area contributed by atoms with Gasteiger partial charge in [0.05, 0.1) is 6.54 Å². The SMILES string of the molecule is C=CC1=C(F)C(F)=CC(Cn2c(NC34CC(C3)C(N/C3=N/C=C\C=C/CC3)C4)nc(=O)n(CC3=CC=CNC3O)c2=O)C1. The monoisotopic (exact) mass is 591 g/mol. The van der Waals surface area contributed by atoms with Crippen molar-refractivity contribution in [3.63, 3.8) is 0 Å². The molecular formula is C31H35F2N7O3. The number of aliphatic hydroxyl groups is 1. The topological polar surface area (TPSA) is 126 Å². The van der Waals surface area contributed by atoms with Crippen molar-refractivity contribution in [1.82, 2.24) is 24.8 Å². The Morgan fingerprint density at radius 2 is 2.02 bits per heavy atom. The first-order valence-electron chi connectivity index (χ1n) is 14.6. The summed E-state index contributed by atoms with van der Waals surface area (Å²) in [4.78, 5) is 35.9. The molecule has 4 N–H and O–H groups in total. The molecule has 0 amide bonds. The fourth-order valence-electron chi connectivity index (χ4n) is 6.66. The van der Waals surface area contributed by atoms with Crippen molar-refractivity contribution >= 4 is 11.8 Å². The number of allylic oxidation sites excluding steroid dienone is 10. The number of nitrogens with zero attached hydrogens (tertiary/aromatic N) is 4. The summed E-state index contributed by atoms with van der Waals surface area (Å²) in [5.74, 6) is -1.11. The second-order valence-corrected chi connectivity index (χ2v) is 11.8. The highest BCUT2D eigenvalue weighted by molar-refractivity contribution is 5.83. The fourth-order valence-corrected chi connectivity index (χ4v) is 6.66. The van der Waals surface area contributed by atoms with E-state index in [0.29, 0.717) is 11.5 Å². The Morgan fingerprint density at radius 3 is 2.81 bits per heavy atom. The molecule has 0 aromatic carbocycles. The van der Waals surface area contributed by atoms with Crippen LogP contribution in [0.1, 0.15) is 38.5 Å². The third kappa shape index (κ3) is 5.83. The van der Waals surface area contributed by atoms with Crippen molar-refractivity contribution in [2.75, 3.05) is 5.32 Å². The minimum absolute atomic E-state index is 0.0376. The van der Waals surface area contributed by atoms with Crippen molar-refractivity contribution in [2.24, 2.45) is 16.8 Å². The summed E-state index contributed by atoms with van der Waals surface area (Å²) in [6.45, 7) is 3.37. The molecule has 1 aromatic rings. The number of hydrogen-bond donors (Lipinski definition) is 4. The number of rotatable bonds is 8. The second kappa shape index (κ2) is 11.8. The van der Waals surface area contributed by atoms with Gasteiger partial charge < -0.3 is 21.1 Å². The molecule has 2 bridgehead atoms. The highest BCUT2D eigenvalue weighted by Crippen LogP contribution is 2.53. The Balaban J connectivity index is 1.28. The largest absolute Gasteiger partial charge is 0.370 e. The van der Waals surface area contributed by atoms with Gasteiger partial charge in [0, 0.05) is 36.7 Å². The third-order valence-electron chi connectivity index (χ3n) is 8.85. The predicted molar refractivity (Wildman–Crippen MR) is 160 cm³/mol. The Morgan fingerprint density at radius 1 is 1.19 bits per heavy atom. The van der Waals surface area contributed by atoms with Crippen LogP contribution < -0.4 is 27.3 Å². The molecule has 0 spiro atoms. The maximum absolute atomic E-state index is 14.5. The first-order valence-corrected chi connectivity index (χ1v) is 14.6. The first kappa shape index (κ1) is 28.8. The summed E-state index contributed by atoms with van der Waals surface area (Å²) in [7, 11) is 0. The van der Waals surface area contributed by atoms with Crippen molar-refractivity contribution in [2.45, 2.75) is 69.4 Å². The lowest BCUT2D eigenvalue weighted by Gasteiger charge is -2.40. The van der Waals surface area contributed by atoms with E-state index >= 15 is 0 Å². The van der Waals surface area contributed by atoms with Gasteiger partial charge in [0.15, 0.2) is 11.7 Å². The van der Waals surface area contributed by atoms with Crippen LogP contribution in [0.3, 0.4) is 0 Å². The number of aliphatic hydroxyl groups excluding tert-OH is 1. The van der Waals surface area contributed by atoms with Crippen molar-refractivity contribution in [3.8, 4) is 0 Å². The molecule has 3 heterocycles. The van der Waals surface area contributed by atoms with Gasteiger partial charge in [0.1, 0.15) is 12.1 Å². The van der Waals surface area contributed by atoms with Crippen LogP contribution in [0.4, 0.5) is 14.7 Å². The number of nitrogens with one attached hydrogen (secondary N) is 3. The number of amidine groups is 1. The highest BCUT2D eigenvalue weighted by atomic mass is 19.2. The lowest BCUT2D eigenvalue weighted by Crippen LogP contribution is -2.49. The second-order valence-electron chi connectivity index (χ2n) is 11.8. The average Bonchev–Trinajstić information content (AvgIpc) is 3.46. The predicted octanol–water partition coefficient (Wildman–Crippen LogP) is 3.23. The summed E-state index contributed by atoms with van der Waals surface area (Å²) >= 11 is 0. The van der Waals surface area contributed by atoms with Gasteiger partial charge >= 0.3 is 11.4 Å². The van der Waals surface area contributed by atoms with E-state index in [9.17, 15) is 23.5 Å². The van der Waals surface area contributed by atoms with Gasteiger partial charge in [-0.3, -0.25) is 4.57 Å². The van der Waals surface area contributed by atoms with E-state index in [0.717, 1.165) is 48.6 Å². The van der Waals surface area contributed by atoms with Gasteiger partial charge in [0.25, 0.3) is 0 Å². The zero-order chi connectivity index (χ0) is 30.1. The van der Waals surface area contributed by atoms with Crippen LogP contribution >= 0.6 is 0 Å². The standard InChI is InChI=1S/C31H35F2N7O3/c1-2-20-12-19(13-23(32)26(20)33)17-39-28(37-29(42)40(30(39)43)18-21-8-7-11-35-27(21)41)38-31-14-22(15-31)24(16-31)36-25-9-5-3-4-6-10-34-25/h2-4,6-8,10-11,13,19,22,24,27,35,41H,1,5,9,12,14-18H2,(H,34,36)(H,37,38,42)/b4-3-,10-6-. The minimum atomic E-state index is -1.07. The molecule has 226 valence electrons. The summed E-state index contributed by atoms with van der Waals surface area (Å²) in [6, 6.07) is 0.183. The van der Waals surface area contributed by atoms with E-state index in [1.54, 1.807) is 24.6 Å². The number of halogens is 2. The zero-order valence-corrected chi connectivity index (χ0v) is 23.7. The number of aliphatic imine (C=N–C) groups is 1. The quantitative estimate of drug-likeness (QED) is 0.366. The normalized spacial score (nSPS) is 32.2. The molecule has 3 atom stereocenters. The molecule has 6 aliphatic rings. The van der Waals surface area contributed by atoms with Crippen LogP contribution in [0.2, 0.25) is 0 Å². The summed E-state index contributed by atoms with van der Waals surface area (Å²) in [5.41, 5.74) is -1.26. The number of anilines is 1. The average molecular weight is 592 g/mol. The highest BCUT2D eigenvalue weighted by Gasteiger charge is 2.56. The molecule has 3 saturated carbocycles. The molecule has 3 unspecified atom stereocenters. The summed E-state index contributed by atoms with van der Waals surface area (Å²) in [5, 5.41) is 20.1. The molecule has 12 heteroatoms. The maximum Gasteiger partial charge on any atom is 0.355 e. The molecule has 3 fully saturated rings. The molecular weight excluding hydrogens is 556 g/mol. The smallest absolute Gasteiger partial charge is 0.355 e. The minimum Gasteiger partial charge on any atom is -0.370 e. The Kier molecular flexibility index (Phi) is 7.87. The number of fused-ring (bicyclic) bond motifs is 1. The molecule has 4 aliphatic carbocycles. The lowest BCUT2D eigenvalue weighted by molar-refractivity contribution is 0.181. The van der Waals surface area contributed by atoms with Gasteiger partial charge in [-0.15, -0.1) is 0 Å². The van der Waals surface area contributed by atoms with Crippen LogP contribution in [0.15, 0.2) is 98.9 Å². The molecule has 2 aliphatic heterocycles. The molecule has 0 radical (unpaired) electrons. The molecule has 0 saturated heterocycles. The van der Waals surface area contributed by atoms with Crippen LogP contribution in [0.25, 0.3) is 0 Å². The van der Waals surface area contributed by atoms with E-state index in [1.807, 2.05) is 12.2 Å². The molecule has 7 rings (SSSR count). The molecule has 10 nitrogen and oxygen atoms in total. The van der Waals surface area contributed by atoms with E-state index in [4.69, 9.17) is 0 Å². The van der Waals surface area contributed by atoms with Crippen molar-refractivity contribution in [1.29, 1.82) is 0 Å². The Labute approximate surface area is 247 Å². The number of aromatic nitrogens is 3. The molecule has 1 aromatic heterocycles. The van der Waals surface area contributed by atoms with Gasteiger partial charge in [-0.25, -0.2) is 27.9 Å². The number of dihydropyridines is 1. The van der Waals surface area contributed by atoms with Crippen LogP contribution in [0, 0.1) is 11.8 Å². The van der Waals surface area contributed by atoms with E-state index in [-0.39, 0.29) is 42.6 Å². The fraction of sp³-hybridized carbons (Fsp3) is 0.419. The van der Waals surface area contributed by atoms with E-state index in [1.165, 1.54) is 10.6 Å². The zero-order valence-electron chi connectivity index (χ0n) is 23.7. The Hall–Kier alpha value is -4.32. The molecule has 43 heavy (non-hydrogen) atoms. The first-order chi connectivity index (χ1) is 20.7.